The molecule has 3 aromatic rings. The molecular formula is C24H30N6O4. The maximum absolute atomic E-state index is 13.4. The van der Waals surface area contributed by atoms with Crippen molar-refractivity contribution in [3.63, 3.8) is 0 Å². The fourth-order valence-electron chi connectivity index (χ4n) is 4.01. The van der Waals surface area contributed by atoms with Crippen molar-refractivity contribution in [3.8, 4) is 11.6 Å². The lowest BCUT2D eigenvalue weighted by Gasteiger charge is -2.31. The molecule has 1 saturated heterocycles. The van der Waals surface area contributed by atoms with Crippen LogP contribution >= 0.6 is 0 Å². The Hall–Kier alpha value is -3.66. The van der Waals surface area contributed by atoms with E-state index < -0.39 is 0 Å². The highest BCUT2D eigenvalue weighted by atomic mass is 16.5. The number of hydrogen-bond donors (Lipinski definition) is 1. The number of benzene rings is 1. The van der Waals surface area contributed by atoms with E-state index >= 15 is 0 Å². The number of ether oxygens (including phenoxy) is 3. The summed E-state index contributed by atoms with van der Waals surface area (Å²) in [6, 6.07) is 5.43. The quantitative estimate of drug-likeness (QED) is 0.508. The average molecular weight is 467 g/mol. The Balaban J connectivity index is 1.72. The number of hydrogen-bond acceptors (Lipinski definition) is 8. The third-order valence-electron chi connectivity index (χ3n) is 5.74. The molecule has 0 spiro atoms. The molecule has 10 nitrogen and oxygen atoms in total. The highest BCUT2D eigenvalue weighted by Gasteiger charge is 2.22. The molecule has 3 heterocycles. The maximum atomic E-state index is 13.4. The molecule has 0 radical (unpaired) electrons. The number of nitrogens with one attached hydrogen (secondary N) is 1. The molecule has 180 valence electrons. The summed E-state index contributed by atoms with van der Waals surface area (Å²) in [5.74, 6) is 0.953. The molecule has 0 aliphatic carbocycles. The van der Waals surface area contributed by atoms with Gasteiger partial charge in [0.1, 0.15) is 12.3 Å². The minimum atomic E-state index is -0.177. The number of fused-ring (bicyclic) bond motifs is 1. The number of morpholine rings is 1. The Labute approximate surface area is 197 Å². The molecule has 34 heavy (non-hydrogen) atoms. The van der Waals surface area contributed by atoms with Gasteiger partial charge in [0, 0.05) is 29.8 Å². The molecule has 10 heteroatoms. The van der Waals surface area contributed by atoms with Crippen LogP contribution in [0.4, 0.5) is 5.69 Å². The molecule has 0 bridgehead atoms. The van der Waals surface area contributed by atoms with Crippen LogP contribution in [0, 0.1) is 12.3 Å². The highest BCUT2D eigenvalue weighted by Crippen LogP contribution is 2.37. The SMILES string of the molecule is C=C(C)c1cc(C(=O)Cn2nc3cc(C)c(OCC)nn3c2=N)cc(N2CCOCC2)c1OC. The van der Waals surface area contributed by atoms with Crippen molar-refractivity contribution in [2.75, 3.05) is 44.9 Å². The van der Waals surface area contributed by atoms with E-state index in [4.69, 9.17) is 19.6 Å². The standard InChI is InChI=1S/C24H30N6O4/c1-6-34-23-16(4)11-21-26-29(24(25)30(21)27-23)14-20(31)17-12-18(15(2)3)22(32-5)19(13-17)28-7-9-33-10-8-28/h11-13,25H,2,6-10,14H2,1,3-5H3. The van der Waals surface area contributed by atoms with E-state index in [0.29, 0.717) is 55.8 Å². The van der Waals surface area contributed by atoms with Crippen molar-refractivity contribution >= 4 is 22.7 Å². The first kappa shape index (κ1) is 23.5. The van der Waals surface area contributed by atoms with Crippen LogP contribution in [0.3, 0.4) is 0 Å². The van der Waals surface area contributed by atoms with Crippen LogP contribution in [-0.4, -0.2) is 65.2 Å². The number of carbonyl (C=O) groups is 1. The second kappa shape index (κ2) is 9.68. The molecule has 1 aromatic carbocycles. The number of ketones is 1. The Kier molecular flexibility index (Phi) is 6.69. The molecule has 4 rings (SSSR count). The summed E-state index contributed by atoms with van der Waals surface area (Å²) in [4.78, 5) is 15.5. The van der Waals surface area contributed by atoms with Gasteiger partial charge in [0.05, 0.1) is 32.6 Å². The first-order valence-electron chi connectivity index (χ1n) is 11.2. The average Bonchev–Trinajstić information content (AvgIpc) is 3.12. The number of allylic oxidation sites excluding steroid dienone is 1. The Morgan fingerprint density at radius 2 is 1.97 bits per heavy atom. The van der Waals surface area contributed by atoms with E-state index in [1.165, 1.54) is 9.20 Å². The van der Waals surface area contributed by atoms with E-state index in [-0.39, 0.29) is 17.9 Å². The third-order valence-corrected chi connectivity index (χ3v) is 5.74. The second-order valence-electron chi connectivity index (χ2n) is 8.20. The summed E-state index contributed by atoms with van der Waals surface area (Å²) >= 11 is 0. The monoisotopic (exact) mass is 466 g/mol. The number of methoxy groups -OCH3 is 1. The van der Waals surface area contributed by atoms with Gasteiger partial charge in [-0.2, -0.15) is 4.52 Å². The van der Waals surface area contributed by atoms with Gasteiger partial charge in [0.25, 0.3) is 0 Å². The van der Waals surface area contributed by atoms with Gasteiger partial charge in [-0.15, -0.1) is 10.2 Å². The number of carbonyl (C=O) groups excluding carboxylic acids is 1. The van der Waals surface area contributed by atoms with Crippen LogP contribution in [0.25, 0.3) is 11.2 Å². The van der Waals surface area contributed by atoms with Gasteiger partial charge in [0.15, 0.2) is 11.4 Å². The molecule has 0 unspecified atom stereocenters. The Bertz CT molecular complexity index is 1300. The summed E-state index contributed by atoms with van der Waals surface area (Å²) in [6.07, 6.45) is 0. The van der Waals surface area contributed by atoms with Crippen molar-refractivity contribution in [1.29, 1.82) is 5.41 Å². The van der Waals surface area contributed by atoms with Crippen molar-refractivity contribution in [1.82, 2.24) is 19.4 Å². The van der Waals surface area contributed by atoms with Crippen molar-refractivity contribution in [3.05, 3.63) is 47.1 Å². The van der Waals surface area contributed by atoms with Gasteiger partial charge in [-0.1, -0.05) is 6.58 Å². The van der Waals surface area contributed by atoms with Gasteiger partial charge < -0.3 is 19.1 Å². The van der Waals surface area contributed by atoms with Crippen LogP contribution in [0.5, 0.6) is 11.6 Å². The normalized spacial score (nSPS) is 13.8. The molecule has 0 amide bonds. The molecular weight excluding hydrogens is 436 g/mol. The van der Waals surface area contributed by atoms with Gasteiger partial charge in [-0.25, -0.2) is 4.68 Å². The highest BCUT2D eigenvalue weighted by molar-refractivity contribution is 5.99. The minimum Gasteiger partial charge on any atom is -0.494 e. The Morgan fingerprint density at radius 1 is 1.24 bits per heavy atom. The smallest absolute Gasteiger partial charge is 0.242 e. The van der Waals surface area contributed by atoms with Crippen LogP contribution in [-0.2, 0) is 11.3 Å². The number of rotatable bonds is 8. The number of anilines is 1. The largest absolute Gasteiger partial charge is 0.494 e. The zero-order valence-corrected chi connectivity index (χ0v) is 20.1. The molecule has 2 aromatic heterocycles. The second-order valence-corrected chi connectivity index (χ2v) is 8.20. The number of Topliss-reactive ketones (excluding diaryl/α,β-unsaturated/α-hetero) is 1. The van der Waals surface area contributed by atoms with Crippen molar-refractivity contribution in [2.45, 2.75) is 27.3 Å². The number of aryl methyl sites for hydroxylation is 1. The molecule has 1 N–H and O–H groups in total. The third kappa shape index (κ3) is 4.41. The molecule has 0 saturated carbocycles. The molecule has 1 aliphatic rings. The Morgan fingerprint density at radius 3 is 2.62 bits per heavy atom. The maximum Gasteiger partial charge on any atom is 0.242 e. The fraction of sp³-hybridized carbons (Fsp3) is 0.417. The lowest BCUT2D eigenvalue weighted by molar-refractivity contribution is 0.0965. The predicted molar refractivity (Wildman–Crippen MR) is 128 cm³/mol. The molecule has 1 aliphatic heterocycles. The van der Waals surface area contributed by atoms with Gasteiger partial charge in [-0.3, -0.25) is 10.2 Å². The van der Waals surface area contributed by atoms with Crippen molar-refractivity contribution < 1.29 is 19.0 Å². The molecule has 1 fully saturated rings. The predicted octanol–water partition coefficient (Wildman–Crippen LogP) is 2.48. The zero-order chi connectivity index (χ0) is 24.4. The van der Waals surface area contributed by atoms with Gasteiger partial charge in [-0.05, 0) is 44.5 Å². The van der Waals surface area contributed by atoms with E-state index in [0.717, 1.165) is 22.4 Å². The summed E-state index contributed by atoms with van der Waals surface area (Å²) < 4.78 is 19.5. The molecule has 0 atom stereocenters. The lowest BCUT2D eigenvalue weighted by atomic mass is 9.99. The van der Waals surface area contributed by atoms with E-state index in [2.05, 4.69) is 21.7 Å². The van der Waals surface area contributed by atoms with E-state index in [1.807, 2.05) is 26.8 Å². The summed E-state index contributed by atoms with van der Waals surface area (Å²) in [6.45, 7) is 12.7. The fourth-order valence-corrected chi connectivity index (χ4v) is 4.01. The van der Waals surface area contributed by atoms with Crippen LogP contribution in [0.15, 0.2) is 24.8 Å². The van der Waals surface area contributed by atoms with Crippen LogP contribution in [0.1, 0.15) is 35.3 Å². The minimum absolute atomic E-state index is 0.00802. The van der Waals surface area contributed by atoms with Crippen molar-refractivity contribution in [2.24, 2.45) is 0 Å². The zero-order valence-electron chi connectivity index (χ0n) is 20.1. The van der Waals surface area contributed by atoms with Crippen LogP contribution in [0.2, 0.25) is 0 Å². The van der Waals surface area contributed by atoms with Crippen LogP contribution < -0.4 is 20.0 Å². The van der Waals surface area contributed by atoms with E-state index in [1.54, 1.807) is 19.2 Å². The number of aromatic nitrogens is 4. The summed E-state index contributed by atoms with van der Waals surface area (Å²) in [5, 5.41) is 17.3. The summed E-state index contributed by atoms with van der Waals surface area (Å²) in [5.41, 5.74) is 4.19. The first-order chi connectivity index (χ1) is 16.3. The number of nitrogens with zero attached hydrogens (tertiary/aromatic N) is 5. The van der Waals surface area contributed by atoms with Gasteiger partial charge in [0.2, 0.25) is 11.5 Å². The lowest BCUT2D eigenvalue weighted by Crippen LogP contribution is -2.36. The topological polar surface area (TPSA) is 107 Å². The first-order valence-corrected chi connectivity index (χ1v) is 11.2. The van der Waals surface area contributed by atoms with Gasteiger partial charge >= 0.3 is 0 Å². The van der Waals surface area contributed by atoms with E-state index in [9.17, 15) is 4.79 Å². The summed E-state index contributed by atoms with van der Waals surface area (Å²) in [7, 11) is 1.62.